The van der Waals surface area contributed by atoms with E-state index in [-0.39, 0.29) is 0 Å². The Hall–Kier alpha value is -1.60. The minimum atomic E-state index is 0.978. The minimum absolute atomic E-state index is 0.978. The van der Waals surface area contributed by atoms with Crippen LogP contribution in [0, 0.1) is 0 Å². The van der Waals surface area contributed by atoms with Crippen molar-refractivity contribution in [3.63, 3.8) is 0 Å². The molecule has 0 aliphatic heterocycles. The van der Waals surface area contributed by atoms with Gasteiger partial charge in [0.1, 0.15) is 6.54 Å². The molecule has 2 aromatic rings. The molecule has 92 valence electrons. The summed E-state index contributed by atoms with van der Waals surface area (Å²) in [7, 11) is 6.71. The molecule has 0 fully saturated rings. The van der Waals surface area contributed by atoms with Crippen molar-refractivity contribution < 1.29 is 4.48 Å². The lowest BCUT2D eigenvalue weighted by atomic mass is 10.0. The minimum Gasteiger partial charge on any atom is -0.327 e. The van der Waals surface area contributed by atoms with Crippen molar-refractivity contribution in [1.29, 1.82) is 0 Å². The van der Waals surface area contributed by atoms with Crippen LogP contribution in [0.15, 0.2) is 42.5 Å². The predicted molar refractivity (Wildman–Crippen MR) is 76.4 cm³/mol. The standard InChI is InChI=1S/C17H20N/c1-18(2,3)12-13-8-9-17-15(10-13)11-14-6-4-5-7-16(14)17/h4-10H,11-12H2,1-3H3/q+1. The first-order valence-electron chi connectivity index (χ1n) is 6.53. The molecule has 0 radical (unpaired) electrons. The molecule has 0 aromatic heterocycles. The monoisotopic (exact) mass is 238 g/mol. The maximum Gasteiger partial charge on any atom is 0.104 e. The van der Waals surface area contributed by atoms with Crippen molar-refractivity contribution in [2.75, 3.05) is 21.1 Å². The van der Waals surface area contributed by atoms with Gasteiger partial charge in [-0.1, -0.05) is 36.4 Å². The summed E-state index contributed by atoms with van der Waals surface area (Å²) in [5.74, 6) is 0. The van der Waals surface area contributed by atoms with Gasteiger partial charge in [0.25, 0.3) is 0 Å². The van der Waals surface area contributed by atoms with Gasteiger partial charge in [-0.2, -0.15) is 0 Å². The molecule has 0 spiro atoms. The topological polar surface area (TPSA) is 0 Å². The lowest BCUT2D eigenvalue weighted by molar-refractivity contribution is -0.884. The number of hydrogen-bond acceptors (Lipinski definition) is 0. The Bertz CT molecular complexity index is 591. The summed E-state index contributed by atoms with van der Waals surface area (Å²) in [4.78, 5) is 0. The summed E-state index contributed by atoms with van der Waals surface area (Å²) >= 11 is 0. The Morgan fingerprint density at radius 2 is 1.61 bits per heavy atom. The Kier molecular flexibility index (Phi) is 2.53. The molecule has 0 saturated carbocycles. The maximum absolute atomic E-state index is 2.39. The number of quaternary nitrogens is 1. The average Bonchev–Trinajstić information content (AvgIpc) is 2.64. The van der Waals surface area contributed by atoms with Gasteiger partial charge >= 0.3 is 0 Å². The molecule has 1 aliphatic carbocycles. The van der Waals surface area contributed by atoms with Gasteiger partial charge in [-0.15, -0.1) is 0 Å². The summed E-state index contributed by atoms with van der Waals surface area (Å²) in [6, 6.07) is 15.7. The fourth-order valence-corrected chi connectivity index (χ4v) is 2.84. The van der Waals surface area contributed by atoms with Crippen molar-refractivity contribution in [3.05, 3.63) is 59.2 Å². The molecule has 0 bridgehead atoms. The fourth-order valence-electron chi connectivity index (χ4n) is 2.84. The van der Waals surface area contributed by atoms with E-state index in [0.717, 1.165) is 17.4 Å². The lowest BCUT2D eigenvalue weighted by Gasteiger charge is -2.24. The van der Waals surface area contributed by atoms with E-state index in [1.54, 1.807) is 0 Å². The van der Waals surface area contributed by atoms with Crippen LogP contribution in [0.1, 0.15) is 16.7 Å². The quantitative estimate of drug-likeness (QED) is 0.600. The summed E-state index contributed by atoms with van der Waals surface area (Å²) in [5.41, 5.74) is 7.24. The predicted octanol–water partition coefficient (Wildman–Crippen LogP) is 3.46. The Labute approximate surface area is 109 Å². The molecular weight excluding hydrogens is 218 g/mol. The lowest BCUT2D eigenvalue weighted by Crippen LogP contribution is -2.33. The number of fused-ring (bicyclic) bond motifs is 3. The molecule has 1 nitrogen and oxygen atoms in total. The second-order valence-corrected chi connectivity index (χ2v) is 6.27. The first-order valence-corrected chi connectivity index (χ1v) is 6.53. The zero-order valence-electron chi connectivity index (χ0n) is 11.4. The van der Waals surface area contributed by atoms with Crippen LogP contribution in [-0.4, -0.2) is 25.6 Å². The highest BCUT2D eigenvalue weighted by atomic mass is 15.3. The molecule has 18 heavy (non-hydrogen) atoms. The van der Waals surface area contributed by atoms with Crippen LogP contribution >= 0.6 is 0 Å². The zero-order chi connectivity index (χ0) is 12.8. The molecule has 0 amide bonds. The maximum atomic E-state index is 2.39. The van der Waals surface area contributed by atoms with Gasteiger partial charge in [-0.05, 0) is 34.7 Å². The molecule has 1 heteroatoms. The smallest absolute Gasteiger partial charge is 0.104 e. The van der Waals surface area contributed by atoms with Crippen molar-refractivity contribution in [1.82, 2.24) is 0 Å². The average molecular weight is 238 g/mol. The van der Waals surface area contributed by atoms with Crippen LogP contribution in [0.25, 0.3) is 11.1 Å². The first kappa shape index (κ1) is 11.5. The number of benzene rings is 2. The third kappa shape index (κ3) is 2.06. The van der Waals surface area contributed by atoms with E-state index in [0.29, 0.717) is 0 Å². The summed E-state index contributed by atoms with van der Waals surface area (Å²) in [6.07, 6.45) is 1.09. The summed E-state index contributed by atoms with van der Waals surface area (Å²) in [6.45, 7) is 1.09. The third-order valence-corrected chi connectivity index (χ3v) is 3.52. The Balaban J connectivity index is 1.98. The van der Waals surface area contributed by atoms with Crippen LogP contribution in [0.4, 0.5) is 0 Å². The zero-order valence-corrected chi connectivity index (χ0v) is 11.4. The molecule has 0 N–H and O–H groups in total. The molecule has 0 atom stereocenters. The van der Waals surface area contributed by atoms with Crippen molar-refractivity contribution in [2.24, 2.45) is 0 Å². The molecular formula is C17H20N+. The van der Waals surface area contributed by atoms with E-state index >= 15 is 0 Å². The van der Waals surface area contributed by atoms with Gasteiger partial charge in [0.05, 0.1) is 21.1 Å². The van der Waals surface area contributed by atoms with Gasteiger partial charge in [-0.3, -0.25) is 0 Å². The highest BCUT2D eigenvalue weighted by Crippen LogP contribution is 2.36. The van der Waals surface area contributed by atoms with E-state index in [1.807, 2.05) is 0 Å². The number of nitrogens with zero attached hydrogens (tertiary/aromatic N) is 1. The fraction of sp³-hybridized carbons (Fsp3) is 0.294. The van der Waals surface area contributed by atoms with Gasteiger partial charge < -0.3 is 4.48 Å². The van der Waals surface area contributed by atoms with Crippen LogP contribution in [-0.2, 0) is 13.0 Å². The second-order valence-electron chi connectivity index (χ2n) is 6.27. The highest BCUT2D eigenvalue weighted by Gasteiger charge is 2.19. The molecule has 1 aliphatic rings. The highest BCUT2D eigenvalue weighted by molar-refractivity contribution is 5.76. The van der Waals surface area contributed by atoms with Crippen LogP contribution in [0.5, 0.6) is 0 Å². The van der Waals surface area contributed by atoms with Crippen molar-refractivity contribution >= 4 is 0 Å². The Morgan fingerprint density at radius 3 is 2.39 bits per heavy atom. The van der Waals surface area contributed by atoms with E-state index in [4.69, 9.17) is 0 Å². The molecule has 3 rings (SSSR count). The summed E-state index contributed by atoms with van der Waals surface area (Å²) < 4.78 is 0.978. The van der Waals surface area contributed by atoms with Crippen LogP contribution < -0.4 is 0 Å². The van der Waals surface area contributed by atoms with Crippen molar-refractivity contribution in [2.45, 2.75) is 13.0 Å². The van der Waals surface area contributed by atoms with Gasteiger partial charge in [0.2, 0.25) is 0 Å². The normalized spacial score (nSPS) is 13.3. The molecule has 2 aromatic carbocycles. The van der Waals surface area contributed by atoms with E-state index in [1.165, 1.54) is 27.8 Å². The molecule has 0 heterocycles. The second kappa shape index (κ2) is 3.96. The number of hydrogen-bond donors (Lipinski definition) is 0. The van der Waals surface area contributed by atoms with Crippen molar-refractivity contribution in [3.8, 4) is 11.1 Å². The van der Waals surface area contributed by atoms with Crippen LogP contribution in [0.2, 0.25) is 0 Å². The molecule has 0 unspecified atom stereocenters. The third-order valence-electron chi connectivity index (χ3n) is 3.52. The van der Waals surface area contributed by atoms with E-state index in [2.05, 4.69) is 63.6 Å². The van der Waals surface area contributed by atoms with Crippen LogP contribution in [0.3, 0.4) is 0 Å². The van der Waals surface area contributed by atoms with E-state index in [9.17, 15) is 0 Å². The Morgan fingerprint density at radius 1 is 0.889 bits per heavy atom. The van der Waals surface area contributed by atoms with E-state index < -0.39 is 0 Å². The van der Waals surface area contributed by atoms with Gasteiger partial charge in [0.15, 0.2) is 0 Å². The first-order chi connectivity index (χ1) is 8.53. The molecule has 0 saturated heterocycles. The largest absolute Gasteiger partial charge is 0.327 e. The van der Waals surface area contributed by atoms with Gasteiger partial charge in [-0.25, -0.2) is 0 Å². The number of rotatable bonds is 2. The summed E-state index contributed by atoms with van der Waals surface area (Å²) in [5, 5.41) is 0. The SMILES string of the molecule is C[N+](C)(C)Cc1ccc2c(c1)Cc1ccccc1-2. The van der Waals surface area contributed by atoms with Gasteiger partial charge in [0, 0.05) is 5.56 Å².